The molecule has 1 fully saturated rings. The van der Waals surface area contributed by atoms with Crippen molar-refractivity contribution >= 4 is 22.8 Å². The van der Waals surface area contributed by atoms with Crippen molar-refractivity contribution in [1.29, 1.82) is 0 Å². The predicted molar refractivity (Wildman–Crippen MR) is 135 cm³/mol. The second kappa shape index (κ2) is 10.6. The molecule has 1 saturated heterocycles. The Labute approximate surface area is 209 Å². The topological polar surface area (TPSA) is 98.3 Å². The number of ether oxygens (including phenoxy) is 4. The van der Waals surface area contributed by atoms with Gasteiger partial charge in [-0.3, -0.25) is 0 Å². The summed E-state index contributed by atoms with van der Waals surface area (Å²) >= 11 is 0. The number of hydrogen-bond donors (Lipinski definition) is 1. The Balaban J connectivity index is 1.29. The average Bonchev–Trinajstić information content (AvgIpc) is 2.95. The summed E-state index contributed by atoms with van der Waals surface area (Å²) in [6.07, 6.45) is 13.9. The van der Waals surface area contributed by atoms with E-state index in [1.807, 2.05) is 29.2 Å². The summed E-state index contributed by atoms with van der Waals surface area (Å²) in [5.74, 6) is 2.60. The van der Waals surface area contributed by atoms with Crippen LogP contribution in [0.15, 0.2) is 66.8 Å². The zero-order valence-corrected chi connectivity index (χ0v) is 20.3. The SMILES string of the molecule is COc1cc2ncnc(N3CCN(C(=O)NC(C4=CC=CCC4)C4=COC=CO4)CC3)c2cc1OC. The van der Waals surface area contributed by atoms with Crippen LogP contribution in [0.4, 0.5) is 10.6 Å². The minimum Gasteiger partial charge on any atom is -0.493 e. The normalized spacial score (nSPS) is 18.1. The molecule has 188 valence electrons. The molecular weight excluding hydrogens is 462 g/mol. The van der Waals surface area contributed by atoms with Crippen LogP contribution in [0.25, 0.3) is 10.9 Å². The van der Waals surface area contributed by atoms with Crippen molar-refractivity contribution in [3.8, 4) is 11.5 Å². The molecule has 0 saturated carbocycles. The summed E-state index contributed by atoms with van der Waals surface area (Å²) < 4.78 is 21.8. The number of methoxy groups -OCH3 is 2. The van der Waals surface area contributed by atoms with Crippen LogP contribution in [0.1, 0.15) is 12.8 Å². The smallest absolute Gasteiger partial charge is 0.318 e. The molecule has 10 nitrogen and oxygen atoms in total. The third kappa shape index (κ3) is 4.79. The third-order valence-electron chi connectivity index (χ3n) is 6.48. The highest BCUT2D eigenvalue weighted by Crippen LogP contribution is 2.35. The molecule has 1 N–H and O–H groups in total. The maximum absolute atomic E-state index is 13.3. The molecule has 36 heavy (non-hydrogen) atoms. The van der Waals surface area contributed by atoms with Crippen molar-refractivity contribution in [3.63, 3.8) is 0 Å². The van der Waals surface area contributed by atoms with Gasteiger partial charge in [0.1, 0.15) is 37.0 Å². The number of allylic oxidation sites excluding steroid dienone is 3. The number of nitrogens with zero attached hydrogens (tertiary/aromatic N) is 4. The molecule has 1 aliphatic carbocycles. The molecule has 2 aliphatic heterocycles. The summed E-state index contributed by atoms with van der Waals surface area (Å²) in [5.41, 5.74) is 1.85. The maximum Gasteiger partial charge on any atom is 0.318 e. The van der Waals surface area contributed by atoms with Gasteiger partial charge in [0, 0.05) is 37.6 Å². The number of rotatable bonds is 6. The summed E-state index contributed by atoms with van der Waals surface area (Å²) in [7, 11) is 3.21. The van der Waals surface area contributed by atoms with Gasteiger partial charge in [0.2, 0.25) is 0 Å². The Hall–Kier alpha value is -4.21. The first-order valence-corrected chi connectivity index (χ1v) is 11.9. The van der Waals surface area contributed by atoms with Gasteiger partial charge in [-0.1, -0.05) is 18.2 Å². The van der Waals surface area contributed by atoms with Gasteiger partial charge in [0.25, 0.3) is 0 Å². The number of hydrogen-bond acceptors (Lipinski definition) is 8. The molecule has 1 atom stereocenters. The number of carbonyl (C=O) groups excluding carboxylic acids is 1. The van der Waals surface area contributed by atoms with Crippen molar-refractivity contribution in [3.05, 3.63) is 66.8 Å². The van der Waals surface area contributed by atoms with Crippen LogP contribution in [0, 0.1) is 0 Å². The Bertz CT molecular complexity index is 1250. The number of benzene rings is 1. The van der Waals surface area contributed by atoms with Crippen molar-refractivity contribution < 1.29 is 23.7 Å². The number of nitrogens with one attached hydrogen (secondary N) is 1. The van der Waals surface area contributed by atoms with E-state index in [1.54, 1.807) is 20.5 Å². The monoisotopic (exact) mass is 491 g/mol. The largest absolute Gasteiger partial charge is 0.493 e. The molecule has 0 bridgehead atoms. The summed E-state index contributed by atoms with van der Waals surface area (Å²) in [4.78, 5) is 26.2. The van der Waals surface area contributed by atoms with E-state index in [1.165, 1.54) is 18.8 Å². The number of piperazine rings is 1. The van der Waals surface area contributed by atoms with E-state index in [-0.39, 0.29) is 6.03 Å². The molecule has 1 aromatic heterocycles. The molecule has 0 spiro atoms. The molecule has 5 rings (SSSR count). The van der Waals surface area contributed by atoms with Crippen molar-refractivity contribution in [2.45, 2.75) is 18.9 Å². The van der Waals surface area contributed by atoms with Crippen LogP contribution in [-0.4, -0.2) is 67.3 Å². The highest BCUT2D eigenvalue weighted by Gasteiger charge is 2.29. The molecule has 1 unspecified atom stereocenters. The van der Waals surface area contributed by atoms with Gasteiger partial charge < -0.3 is 34.1 Å². The van der Waals surface area contributed by atoms with E-state index in [9.17, 15) is 4.79 Å². The lowest BCUT2D eigenvalue weighted by Gasteiger charge is -2.37. The van der Waals surface area contributed by atoms with Gasteiger partial charge in [0.05, 0.1) is 19.7 Å². The number of aromatic nitrogens is 2. The molecule has 2 aromatic rings. The van der Waals surface area contributed by atoms with E-state index < -0.39 is 6.04 Å². The molecule has 3 aliphatic rings. The van der Waals surface area contributed by atoms with E-state index >= 15 is 0 Å². The molecule has 1 aromatic carbocycles. The number of urea groups is 1. The van der Waals surface area contributed by atoms with Crippen molar-refractivity contribution in [2.24, 2.45) is 0 Å². The number of amides is 2. The van der Waals surface area contributed by atoms with Gasteiger partial charge in [-0.25, -0.2) is 14.8 Å². The van der Waals surface area contributed by atoms with Gasteiger partial charge >= 0.3 is 6.03 Å². The van der Waals surface area contributed by atoms with E-state index in [0.29, 0.717) is 43.4 Å². The second-order valence-corrected chi connectivity index (χ2v) is 8.53. The number of carbonyl (C=O) groups is 1. The fourth-order valence-corrected chi connectivity index (χ4v) is 4.57. The lowest BCUT2D eigenvalue weighted by Crippen LogP contribution is -2.54. The molecule has 0 radical (unpaired) electrons. The van der Waals surface area contributed by atoms with Gasteiger partial charge in [-0.05, 0) is 24.5 Å². The third-order valence-corrected chi connectivity index (χ3v) is 6.48. The second-order valence-electron chi connectivity index (χ2n) is 8.53. The van der Waals surface area contributed by atoms with Crippen LogP contribution in [0.5, 0.6) is 11.5 Å². The summed E-state index contributed by atoms with van der Waals surface area (Å²) in [6, 6.07) is 3.21. The maximum atomic E-state index is 13.3. The molecular formula is C26H29N5O5. The van der Waals surface area contributed by atoms with E-state index in [4.69, 9.17) is 18.9 Å². The van der Waals surface area contributed by atoms with Crippen LogP contribution in [0.2, 0.25) is 0 Å². The van der Waals surface area contributed by atoms with Gasteiger partial charge in [-0.15, -0.1) is 0 Å². The molecule has 2 amide bonds. The highest BCUT2D eigenvalue weighted by molar-refractivity contribution is 5.92. The lowest BCUT2D eigenvalue weighted by atomic mass is 9.96. The molecule has 10 heteroatoms. The highest BCUT2D eigenvalue weighted by atomic mass is 16.5. The first kappa shape index (κ1) is 23.5. The van der Waals surface area contributed by atoms with Crippen molar-refractivity contribution in [1.82, 2.24) is 20.2 Å². The Morgan fingerprint density at radius 1 is 1.08 bits per heavy atom. The Morgan fingerprint density at radius 2 is 1.89 bits per heavy atom. The van der Waals surface area contributed by atoms with Crippen LogP contribution < -0.4 is 19.7 Å². The lowest BCUT2D eigenvalue weighted by molar-refractivity contribution is 0.185. The minimum atomic E-state index is -0.390. The fraction of sp³-hybridized carbons (Fsp3) is 0.346. The summed E-state index contributed by atoms with van der Waals surface area (Å²) in [5, 5.41) is 4.02. The van der Waals surface area contributed by atoms with Gasteiger partial charge in [-0.2, -0.15) is 0 Å². The van der Waals surface area contributed by atoms with E-state index in [2.05, 4.69) is 26.3 Å². The Morgan fingerprint density at radius 3 is 2.58 bits per heavy atom. The number of fused-ring (bicyclic) bond motifs is 1. The average molecular weight is 492 g/mol. The van der Waals surface area contributed by atoms with Crippen molar-refractivity contribution in [2.75, 3.05) is 45.3 Å². The summed E-state index contributed by atoms with van der Waals surface area (Å²) in [6.45, 7) is 2.36. The zero-order chi connectivity index (χ0) is 24.9. The molecule has 3 heterocycles. The number of anilines is 1. The zero-order valence-electron chi connectivity index (χ0n) is 20.3. The van der Waals surface area contributed by atoms with Crippen LogP contribution >= 0.6 is 0 Å². The Kier molecular flexibility index (Phi) is 6.92. The first-order valence-electron chi connectivity index (χ1n) is 11.9. The van der Waals surface area contributed by atoms with Crippen LogP contribution in [-0.2, 0) is 9.47 Å². The first-order chi connectivity index (χ1) is 17.7. The quantitative estimate of drug-likeness (QED) is 0.656. The van der Waals surface area contributed by atoms with E-state index in [0.717, 1.165) is 35.1 Å². The fourth-order valence-electron chi connectivity index (χ4n) is 4.57. The predicted octanol–water partition coefficient (Wildman–Crippen LogP) is 3.48. The van der Waals surface area contributed by atoms with Crippen LogP contribution in [0.3, 0.4) is 0 Å². The van der Waals surface area contributed by atoms with Gasteiger partial charge in [0.15, 0.2) is 17.3 Å². The standard InChI is InChI=1S/C26H29N5O5/c1-33-21-14-19-20(15-22(21)34-2)27-17-28-25(19)30-8-10-31(11-9-30)26(32)29-24(18-6-4-3-5-7-18)23-16-35-12-13-36-23/h3-4,6,12-17,24H,5,7-11H2,1-2H3,(H,29,32). The minimum absolute atomic E-state index is 0.145.